The van der Waals surface area contributed by atoms with Gasteiger partial charge in [0.1, 0.15) is 24.1 Å². The summed E-state index contributed by atoms with van der Waals surface area (Å²) in [6, 6.07) is 17.9. The third-order valence-corrected chi connectivity index (χ3v) is 8.31. The van der Waals surface area contributed by atoms with Crippen LogP contribution in [0.25, 0.3) is 0 Å². The van der Waals surface area contributed by atoms with Crippen molar-refractivity contribution in [2.45, 2.75) is 45.3 Å². The molecule has 0 saturated carbocycles. The normalized spacial score (nSPS) is 12.3. The zero-order valence-corrected chi connectivity index (χ0v) is 27.4. The molecule has 9 nitrogen and oxygen atoms in total. The maximum Gasteiger partial charge on any atom is 0.244 e. The highest BCUT2D eigenvalue weighted by Gasteiger charge is 2.35. The van der Waals surface area contributed by atoms with Crippen LogP contribution < -0.4 is 19.1 Å². The third-order valence-electron chi connectivity index (χ3n) is 6.44. The van der Waals surface area contributed by atoms with Crippen LogP contribution in [0, 0.1) is 0 Å². The van der Waals surface area contributed by atoms with E-state index in [-0.39, 0.29) is 29.4 Å². The van der Waals surface area contributed by atoms with Crippen LogP contribution in [-0.2, 0) is 32.6 Å². The molecule has 0 aromatic heterocycles. The number of carbonyl (C=O) groups excluding carboxylic acids is 2. The molecule has 3 aromatic carbocycles. The van der Waals surface area contributed by atoms with Gasteiger partial charge in [-0.3, -0.25) is 13.9 Å². The Balaban J connectivity index is 2.15. The molecule has 43 heavy (non-hydrogen) atoms. The van der Waals surface area contributed by atoms with Crippen LogP contribution in [0.3, 0.4) is 0 Å². The SMILES string of the molecule is COc1ccc(OC)c(N(CC(=O)N(Cc2ccc(Cl)c(Cl)c2)[C@@H](Cc2ccccc2)C(=O)NC(C)(C)C)S(C)(=O)=O)c1. The molecule has 0 aliphatic heterocycles. The van der Waals surface area contributed by atoms with Crippen LogP contribution in [0.2, 0.25) is 10.0 Å². The minimum Gasteiger partial charge on any atom is -0.497 e. The van der Waals surface area contributed by atoms with E-state index in [0.717, 1.165) is 16.1 Å². The first-order valence-corrected chi connectivity index (χ1v) is 16.0. The third kappa shape index (κ3) is 9.51. The minimum absolute atomic E-state index is 0.0440. The first-order valence-electron chi connectivity index (χ1n) is 13.4. The Morgan fingerprint density at radius 2 is 1.58 bits per heavy atom. The van der Waals surface area contributed by atoms with Gasteiger partial charge in [0.15, 0.2) is 0 Å². The molecule has 1 N–H and O–H groups in total. The molecule has 12 heteroatoms. The highest BCUT2D eigenvalue weighted by Crippen LogP contribution is 2.34. The van der Waals surface area contributed by atoms with Crippen molar-refractivity contribution in [2.24, 2.45) is 0 Å². The lowest BCUT2D eigenvalue weighted by molar-refractivity contribution is -0.140. The number of nitrogens with zero attached hydrogens (tertiary/aromatic N) is 2. The van der Waals surface area contributed by atoms with Crippen molar-refractivity contribution in [1.82, 2.24) is 10.2 Å². The van der Waals surface area contributed by atoms with E-state index in [1.54, 1.807) is 30.3 Å². The number of benzene rings is 3. The van der Waals surface area contributed by atoms with Crippen LogP contribution in [0.4, 0.5) is 5.69 Å². The highest BCUT2D eigenvalue weighted by atomic mass is 35.5. The van der Waals surface area contributed by atoms with E-state index >= 15 is 0 Å². The molecule has 232 valence electrons. The Morgan fingerprint density at radius 1 is 0.907 bits per heavy atom. The summed E-state index contributed by atoms with van der Waals surface area (Å²) in [7, 11) is -1.17. The Hall–Kier alpha value is -3.47. The number of methoxy groups -OCH3 is 2. The summed E-state index contributed by atoms with van der Waals surface area (Å²) in [5.74, 6) is -0.418. The van der Waals surface area contributed by atoms with Gasteiger partial charge in [-0.05, 0) is 56.2 Å². The van der Waals surface area contributed by atoms with Crippen LogP contribution in [0.5, 0.6) is 11.5 Å². The average Bonchev–Trinajstić information content (AvgIpc) is 2.94. The summed E-state index contributed by atoms with van der Waals surface area (Å²) in [6.07, 6.45) is 1.17. The van der Waals surface area contributed by atoms with Crippen molar-refractivity contribution in [3.63, 3.8) is 0 Å². The standard InChI is InChI=1S/C31H37Cl2N3O6S/c1-31(2,3)34-30(38)27(17-21-10-8-7-9-11-21)35(19-22-12-14-24(32)25(33)16-22)29(37)20-36(43(6,39)40)26-18-23(41-4)13-15-28(26)42-5/h7-16,18,27H,17,19-20H2,1-6H3,(H,34,38)/t27-/m0/s1. The molecule has 2 amide bonds. The molecule has 0 heterocycles. The lowest BCUT2D eigenvalue weighted by Crippen LogP contribution is -2.56. The Kier molecular flexibility index (Phi) is 11.3. The topological polar surface area (TPSA) is 105 Å². The second-order valence-corrected chi connectivity index (χ2v) is 13.7. The van der Waals surface area contributed by atoms with Gasteiger partial charge in [-0.25, -0.2) is 8.42 Å². The van der Waals surface area contributed by atoms with Crippen molar-refractivity contribution in [3.8, 4) is 11.5 Å². The highest BCUT2D eigenvalue weighted by molar-refractivity contribution is 7.92. The summed E-state index contributed by atoms with van der Waals surface area (Å²) in [5, 5.41) is 3.60. The van der Waals surface area contributed by atoms with Gasteiger partial charge in [-0.2, -0.15) is 0 Å². The molecule has 0 aliphatic rings. The maximum atomic E-state index is 14.3. The predicted molar refractivity (Wildman–Crippen MR) is 171 cm³/mol. The Labute approximate surface area is 263 Å². The number of rotatable bonds is 12. The van der Waals surface area contributed by atoms with Gasteiger partial charge >= 0.3 is 0 Å². The van der Waals surface area contributed by atoms with Crippen LogP contribution >= 0.6 is 23.2 Å². The number of hydrogen-bond donors (Lipinski definition) is 1. The molecular formula is C31H37Cl2N3O6S. The number of halogens is 2. The quantitative estimate of drug-likeness (QED) is 0.284. The van der Waals surface area contributed by atoms with Gasteiger partial charge in [0.05, 0.1) is 36.2 Å². The molecular weight excluding hydrogens is 613 g/mol. The number of ether oxygens (including phenoxy) is 2. The fourth-order valence-corrected chi connectivity index (χ4v) is 5.59. The zero-order valence-electron chi connectivity index (χ0n) is 25.1. The van der Waals surface area contributed by atoms with Crippen molar-refractivity contribution < 1.29 is 27.5 Å². The van der Waals surface area contributed by atoms with Gasteiger partial charge in [-0.1, -0.05) is 59.6 Å². The van der Waals surface area contributed by atoms with Gasteiger partial charge in [0, 0.05) is 24.6 Å². The largest absolute Gasteiger partial charge is 0.497 e. The number of nitrogens with one attached hydrogen (secondary N) is 1. The summed E-state index contributed by atoms with van der Waals surface area (Å²) in [5.41, 5.74) is 0.940. The second kappa shape index (κ2) is 14.3. The van der Waals surface area contributed by atoms with E-state index in [1.807, 2.05) is 51.1 Å². The number of amides is 2. The molecule has 0 bridgehead atoms. The van der Waals surface area contributed by atoms with E-state index in [9.17, 15) is 18.0 Å². The fourth-order valence-electron chi connectivity index (χ4n) is 4.43. The number of sulfonamides is 1. The van der Waals surface area contributed by atoms with Crippen LogP contribution in [0.15, 0.2) is 66.7 Å². The molecule has 3 aromatic rings. The monoisotopic (exact) mass is 649 g/mol. The Morgan fingerprint density at radius 3 is 2.14 bits per heavy atom. The van der Waals surface area contributed by atoms with E-state index in [0.29, 0.717) is 16.3 Å². The first kappa shape index (κ1) is 34.0. The number of hydrogen-bond acceptors (Lipinski definition) is 6. The molecule has 1 atom stereocenters. The van der Waals surface area contributed by atoms with Crippen molar-refractivity contribution in [2.75, 3.05) is 31.3 Å². The van der Waals surface area contributed by atoms with Gasteiger partial charge < -0.3 is 19.7 Å². The summed E-state index contributed by atoms with van der Waals surface area (Å²) >= 11 is 12.4. The summed E-state index contributed by atoms with van der Waals surface area (Å²) in [4.78, 5) is 29.5. The zero-order chi connectivity index (χ0) is 31.9. The minimum atomic E-state index is -4.01. The molecule has 0 spiro atoms. The molecule has 0 radical (unpaired) electrons. The first-order chi connectivity index (χ1) is 20.1. The van der Waals surface area contributed by atoms with Gasteiger partial charge in [-0.15, -0.1) is 0 Å². The molecule has 3 rings (SSSR count). The van der Waals surface area contributed by atoms with E-state index in [4.69, 9.17) is 32.7 Å². The average molecular weight is 651 g/mol. The lowest BCUT2D eigenvalue weighted by Gasteiger charge is -2.35. The fraction of sp³-hybridized carbons (Fsp3) is 0.355. The smallest absolute Gasteiger partial charge is 0.244 e. The molecule has 0 saturated heterocycles. The van der Waals surface area contributed by atoms with Crippen molar-refractivity contribution >= 4 is 50.7 Å². The van der Waals surface area contributed by atoms with E-state index in [2.05, 4.69) is 5.32 Å². The molecule has 0 aliphatic carbocycles. The molecule has 0 unspecified atom stereocenters. The Bertz CT molecular complexity index is 1540. The van der Waals surface area contributed by atoms with Crippen LogP contribution in [0.1, 0.15) is 31.9 Å². The number of anilines is 1. The van der Waals surface area contributed by atoms with E-state index < -0.39 is 40.0 Å². The van der Waals surface area contributed by atoms with Gasteiger partial charge in [0.25, 0.3) is 0 Å². The van der Waals surface area contributed by atoms with Gasteiger partial charge in [0.2, 0.25) is 21.8 Å². The predicted octanol–water partition coefficient (Wildman–Crippen LogP) is 5.33. The van der Waals surface area contributed by atoms with Crippen molar-refractivity contribution in [3.05, 3.63) is 87.9 Å². The summed E-state index contributed by atoms with van der Waals surface area (Å²) < 4.78 is 37.9. The van der Waals surface area contributed by atoms with Crippen LogP contribution in [-0.4, -0.2) is 63.7 Å². The molecule has 0 fully saturated rings. The summed E-state index contributed by atoms with van der Waals surface area (Å²) in [6.45, 7) is 4.87. The number of carbonyl (C=O) groups is 2. The van der Waals surface area contributed by atoms with Crippen molar-refractivity contribution in [1.29, 1.82) is 0 Å². The lowest BCUT2D eigenvalue weighted by atomic mass is 10.0. The van der Waals surface area contributed by atoms with E-state index in [1.165, 1.54) is 25.2 Å². The maximum absolute atomic E-state index is 14.3. The second-order valence-electron chi connectivity index (χ2n) is 11.0.